The second-order valence-corrected chi connectivity index (χ2v) is 6.72. The molecule has 1 aromatic rings. The molecule has 0 aromatic heterocycles. The second-order valence-electron chi connectivity index (χ2n) is 5.17. The molecule has 0 unspecified atom stereocenters. The van der Waals surface area contributed by atoms with Crippen LogP contribution in [0.4, 0.5) is 13.2 Å². The molecule has 0 spiro atoms. The predicted molar refractivity (Wildman–Crippen MR) is 80.0 cm³/mol. The molecule has 1 aliphatic heterocycles. The number of thioether (sulfide) groups is 1. The summed E-state index contributed by atoms with van der Waals surface area (Å²) in [7, 11) is 1.57. The molecule has 0 aliphatic carbocycles. The van der Waals surface area contributed by atoms with Crippen molar-refractivity contribution in [3.05, 3.63) is 29.8 Å². The number of hydrogen-bond acceptors (Lipinski definition) is 3. The molecule has 0 radical (unpaired) electrons. The van der Waals surface area contributed by atoms with Crippen LogP contribution >= 0.6 is 11.8 Å². The Morgan fingerprint density at radius 3 is 2.73 bits per heavy atom. The van der Waals surface area contributed by atoms with Gasteiger partial charge in [0, 0.05) is 17.4 Å². The summed E-state index contributed by atoms with van der Waals surface area (Å²) in [4.78, 5) is 13.0. The van der Waals surface area contributed by atoms with Crippen LogP contribution in [0.5, 0.6) is 5.75 Å². The van der Waals surface area contributed by atoms with E-state index in [1.807, 2.05) is 31.2 Å². The Morgan fingerprint density at radius 2 is 2.09 bits per heavy atom. The van der Waals surface area contributed by atoms with Gasteiger partial charge in [-0.3, -0.25) is 4.79 Å². The zero-order chi connectivity index (χ0) is 16.3. The fourth-order valence-electron chi connectivity index (χ4n) is 2.53. The summed E-state index contributed by atoms with van der Waals surface area (Å²) >= 11 is 1.39. The Hall–Kier alpha value is -1.37. The van der Waals surface area contributed by atoms with Crippen LogP contribution in [0.2, 0.25) is 0 Å². The SMILES string of the molecule is COc1ccccc1[C@@H](C)S[C@H]1CCN(CC(F)(F)F)C1=O. The molecule has 1 heterocycles. The highest BCUT2D eigenvalue weighted by Crippen LogP contribution is 2.40. The van der Waals surface area contributed by atoms with Gasteiger partial charge in [0.1, 0.15) is 12.3 Å². The number of amides is 1. The minimum atomic E-state index is -4.34. The van der Waals surface area contributed by atoms with Gasteiger partial charge in [0.15, 0.2) is 0 Å². The van der Waals surface area contributed by atoms with Crippen LogP contribution in [0, 0.1) is 0 Å². The van der Waals surface area contributed by atoms with Crippen LogP contribution in [-0.4, -0.2) is 42.4 Å². The van der Waals surface area contributed by atoms with Crippen LogP contribution in [0.3, 0.4) is 0 Å². The average Bonchev–Trinajstić information content (AvgIpc) is 2.78. The van der Waals surface area contributed by atoms with Crippen molar-refractivity contribution in [3.8, 4) is 5.75 Å². The number of rotatable bonds is 5. The lowest BCUT2D eigenvalue weighted by molar-refractivity contribution is -0.157. The molecule has 1 fully saturated rings. The van der Waals surface area contributed by atoms with E-state index in [2.05, 4.69) is 0 Å². The summed E-state index contributed by atoms with van der Waals surface area (Å²) in [5.41, 5.74) is 0.942. The van der Waals surface area contributed by atoms with Crippen LogP contribution in [0.25, 0.3) is 0 Å². The lowest BCUT2D eigenvalue weighted by atomic mass is 10.1. The maximum absolute atomic E-state index is 12.4. The first kappa shape index (κ1) is 17.0. The number of para-hydroxylation sites is 1. The fraction of sp³-hybridized carbons (Fsp3) is 0.533. The van der Waals surface area contributed by atoms with E-state index in [-0.39, 0.29) is 11.8 Å². The van der Waals surface area contributed by atoms with Crippen molar-refractivity contribution in [1.29, 1.82) is 0 Å². The summed E-state index contributed by atoms with van der Waals surface area (Å²) in [6.07, 6.45) is -3.90. The summed E-state index contributed by atoms with van der Waals surface area (Å²) in [6.45, 7) is 0.933. The van der Waals surface area contributed by atoms with Crippen LogP contribution in [0.1, 0.15) is 24.2 Å². The van der Waals surface area contributed by atoms with E-state index in [4.69, 9.17) is 4.74 Å². The third-order valence-electron chi connectivity index (χ3n) is 3.56. The summed E-state index contributed by atoms with van der Waals surface area (Å²) < 4.78 is 42.5. The third-order valence-corrected chi connectivity index (χ3v) is 4.99. The molecule has 1 amide bonds. The number of carbonyl (C=O) groups is 1. The van der Waals surface area contributed by atoms with Crippen LogP contribution in [0.15, 0.2) is 24.3 Å². The molecule has 7 heteroatoms. The number of halogens is 3. The highest BCUT2D eigenvalue weighted by Gasteiger charge is 2.40. The van der Waals surface area contributed by atoms with Gasteiger partial charge in [-0.15, -0.1) is 11.8 Å². The van der Waals surface area contributed by atoms with Crippen molar-refractivity contribution in [2.24, 2.45) is 0 Å². The summed E-state index contributed by atoms with van der Waals surface area (Å²) in [5.74, 6) is 0.296. The van der Waals surface area contributed by atoms with E-state index in [0.29, 0.717) is 6.42 Å². The molecule has 1 aromatic carbocycles. The highest BCUT2D eigenvalue weighted by molar-refractivity contribution is 8.00. The van der Waals surface area contributed by atoms with E-state index in [9.17, 15) is 18.0 Å². The van der Waals surface area contributed by atoms with Gasteiger partial charge >= 0.3 is 6.18 Å². The smallest absolute Gasteiger partial charge is 0.406 e. The number of benzene rings is 1. The first-order valence-corrected chi connectivity index (χ1v) is 7.90. The first-order chi connectivity index (χ1) is 10.3. The fourth-order valence-corrected chi connectivity index (χ4v) is 3.87. The molecule has 3 nitrogen and oxygen atoms in total. The van der Waals surface area contributed by atoms with Gasteiger partial charge < -0.3 is 9.64 Å². The van der Waals surface area contributed by atoms with Crippen molar-refractivity contribution in [2.75, 3.05) is 20.2 Å². The van der Waals surface area contributed by atoms with Crippen molar-refractivity contribution in [1.82, 2.24) is 4.90 Å². The molecule has 2 atom stereocenters. The highest BCUT2D eigenvalue weighted by atomic mass is 32.2. The number of ether oxygens (including phenoxy) is 1. The third kappa shape index (κ3) is 4.09. The van der Waals surface area contributed by atoms with Crippen molar-refractivity contribution in [2.45, 2.75) is 30.0 Å². The Kier molecular flexibility index (Phi) is 5.26. The monoisotopic (exact) mass is 333 g/mol. The molecule has 0 bridgehead atoms. The van der Waals surface area contributed by atoms with Gasteiger partial charge in [-0.2, -0.15) is 13.2 Å². The molecule has 0 N–H and O–H groups in total. The van der Waals surface area contributed by atoms with Gasteiger partial charge in [-0.25, -0.2) is 0 Å². The normalized spacial score (nSPS) is 20.3. The second kappa shape index (κ2) is 6.81. The molecular weight excluding hydrogens is 315 g/mol. The standard InChI is InChI=1S/C15H18F3NO2S/c1-10(11-5-3-4-6-12(11)21-2)22-13-7-8-19(14(13)20)9-15(16,17)18/h3-6,10,13H,7-9H2,1-2H3/t10-,13+/m1/s1. The van der Waals surface area contributed by atoms with Crippen LogP contribution < -0.4 is 4.74 Å². The lowest BCUT2D eigenvalue weighted by Crippen LogP contribution is -2.36. The van der Waals surface area contributed by atoms with Crippen molar-refractivity contribution < 1.29 is 22.7 Å². The number of carbonyl (C=O) groups excluding carboxylic acids is 1. The van der Waals surface area contributed by atoms with Gasteiger partial charge in [0.05, 0.1) is 12.4 Å². The van der Waals surface area contributed by atoms with Crippen LogP contribution in [-0.2, 0) is 4.79 Å². The number of alkyl halides is 3. The quantitative estimate of drug-likeness (QED) is 0.824. The number of nitrogens with zero attached hydrogens (tertiary/aromatic N) is 1. The maximum atomic E-state index is 12.4. The number of methoxy groups -OCH3 is 1. The van der Waals surface area contributed by atoms with Gasteiger partial charge in [-0.1, -0.05) is 18.2 Å². The van der Waals surface area contributed by atoms with E-state index >= 15 is 0 Å². The zero-order valence-corrected chi connectivity index (χ0v) is 13.2. The Morgan fingerprint density at radius 1 is 1.41 bits per heavy atom. The molecular formula is C15H18F3NO2S. The van der Waals surface area contributed by atoms with Crippen molar-refractivity contribution in [3.63, 3.8) is 0 Å². The average molecular weight is 333 g/mol. The minimum Gasteiger partial charge on any atom is -0.496 e. The van der Waals surface area contributed by atoms with E-state index < -0.39 is 23.9 Å². The predicted octanol–water partition coefficient (Wildman–Crippen LogP) is 3.65. The number of likely N-dealkylation sites (tertiary alicyclic amines) is 1. The molecule has 1 aliphatic rings. The summed E-state index contributed by atoms with van der Waals surface area (Å²) in [6, 6.07) is 7.47. The molecule has 22 heavy (non-hydrogen) atoms. The Bertz CT molecular complexity index is 536. The topological polar surface area (TPSA) is 29.5 Å². The molecule has 2 rings (SSSR count). The van der Waals surface area contributed by atoms with E-state index in [1.165, 1.54) is 11.8 Å². The van der Waals surface area contributed by atoms with Gasteiger partial charge in [0.25, 0.3) is 0 Å². The van der Waals surface area contributed by atoms with Gasteiger partial charge in [-0.05, 0) is 19.4 Å². The Labute approximate surface area is 131 Å². The number of hydrogen-bond donors (Lipinski definition) is 0. The summed E-state index contributed by atoms with van der Waals surface area (Å²) in [5, 5.41) is -0.460. The molecule has 122 valence electrons. The van der Waals surface area contributed by atoms with E-state index in [0.717, 1.165) is 16.2 Å². The van der Waals surface area contributed by atoms with E-state index in [1.54, 1.807) is 7.11 Å². The zero-order valence-electron chi connectivity index (χ0n) is 12.4. The first-order valence-electron chi connectivity index (χ1n) is 6.95. The van der Waals surface area contributed by atoms with Gasteiger partial charge in [0.2, 0.25) is 5.91 Å². The Balaban J connectivity index is 2.01. The molecule has 0 saturated carbocycles. The minimum absolute atomic E-state index is 0.0315. The lowest BCUT2D eigenvalue weighted by Gasteiger charge is -2.20. The van der Waals surface area contributed by atoms with Crippen molar-refractivity contribution >= 4 is 17.7 Å². The molecule has 1 saturated heterocycles. The maximum Gasteiger partial charge on any atom is 0.406 e. The largest absolute Gasteiger partial charge is 0.496 e.